The Balaban J connectivity index is 2.21. The molecule has 0 aliphatic carbocycles. The van der Waals surface area contributed by atoms with E-state index in [0.717, 1.165) is 27.3 Å². The molecule has 0 radical (unpaired) electrons. The smallest absolute Gasteiger partial charge is 0.198 e. The normalized spacial score (nSPS) is 13.3. The van der Waals surface area contributed by atoms with Gasteiger partial charge in [0, 0.05) is 21.8 Å². The molecule has 0 saturated heterocycles. The Bertz CT molecular complexity index is 790. The number of ether oxygens (including phenoxy) is 1. The fraction of sp³-hybridized carbons (Fsp3) is 0.150. The Labute approximate surface area is 140 Å². The van der Waals surface area contributed by atoms with E-state index in [2.05, 4.69) is 6.58 Å². The number of fused-ring (bicyclic) bond motifs is 2. The van der Waals surface area contributed by atoms with Crippen LogP contribution in [0.4, 0.5) is 0 Å². The number of hydrogen-bond donors (Lipinski definition) is 0. The molecule has 2 aromatic rings. The summed E-state index contributed by atoms with van der Waals surface area (Å²) in [4.78, 5) is 14.1. The van der Waals surface area contributed by atoms with Crippen molar-refractivity contribution >= 4 is 23.6 Å². The lowest BCUT2D eigenvalue weighted by molar-refractivity contribution is 0.103. The highest BCUT2D eigenvalue weighted by Crippen LogP contribution is 2.39. The number of carbonyl (C=O) groups excluding carboxylic acids is 1. The summed E-state index contributed by atoms with van der Waals surface area (Å²) in [5, 5.41) is 0. The van der Waals surface area contributed by atoms with E-state index in [1.54, 1.807) is 17.8 Å². The van der Waals surface area contributed by atoms with Crippen LogP contribution in [-0.4, -0.2) is 12.4 Å². The summed E-state index contributed by atoms with van der Waals surface area (Å²) in [6.45, 7) is 6.04. The van der Waals surface area contributed by atoms with Crippen molar-refractivity contribution in [2.24, 2.45) is 0 Å². The van der Waals surface area contributed by atoms with E-state index < -0.39 is 0 Å². The van der Waals surface area contributed by atoms with Gasteiger partial charge in [0.15, 0.2) is 5.78 Å². The topological polar surface area (TPSA) is 26.3 Å². The van der Waals surface area contributed by atoms with Crippen LogP contribution in [0.15, 0.2) is 60.0 Å². The van der Waals surface area contributed by atoms with E-state index in [9.17, 15) is 4.79 Å². The van der Waals surface area contributed by atoms with Gasteiger partial charge in [-0.1, -0.05) is 49.1 Å². The third-order valence-electron chi connectivity index (χ3n) is 3.71. The molecule has 1 aliphatic rings. The summed E-state index contributed by atoms with van der Waals surface area (Å²) >= 11 is 1.69. The summed E-state index contributed by atoms with van der Waals surface area (Å²) in [6.07, 6.45) is 5.62. The largest absolute Gasteiger partial charge is 0.488 e. The van der Waals surface area contributed by atoms with E-state index >= 15 is 0 Å². The first-order valence-corrected chi connectivity index (χ1v) is 8.53. The summed E-state index contributed by atoms with van der Waals surface area (Å²) < 4.78 is 5.88. The third-order valence-corrected chi connectivity index (χ3v) is 4.83. The fourth-order valence-corrected chi connectivity index (χ4v) is 3.73. The molecule has 1 aliphatic heterocycles. The van der Waals surface area contributed by atoms with Crippen molar-refractivity contribution in [1.29, 1.82) is 0 Å². The lowest BCUT2D eigenvalue weighted by atomic mass is 9.95. The number of rotatable bonds is 4. The number of carbonyl (C=O) groups is 1. The summed E-state index contributed by atoms with van der Waals surface area (Å²) in [5.41, 5.74) is 3.37. The number of benzene rings is 2. The Hall–Kier alpha value is -2.26. The predicted molar refractivity (Wildman–Crippen MR) is 96.3 cm³/mol. The molecule has 0 amide bonds. The fourth-order valence-electron chi connectivity index (χ4n) is 2.69. The molecule has 0 saturated carbocycles. The summed E-state index contributed by atoms with van der Waals surface area (Å²) in [6, 6.07) is 11.8. The molecule has 3 heteroatoms. The maximum absolute atomic E-state index is 13.1. The highest BCUT2D eigenvalue weighted by Gasteiger charge is 2.26. The maximum Gasteiger partial charge on any atom is 0.198 e. The van der Waals surface area contributed by atoms with E-state index in [1.165, 1.54) is 0 Å². The Morgan fingerprint density at radius 3 is 2.87 bits per heavy atom. The highest BCUT2D eigenvalue weighted by atomic mass is 32.2. The monoisotopic (exact) mass is 322 g/mol. The number of thioether (sulfide) groups is 1. The van der Waals surface area contributed by atoms with Crippen LogP contribution in [0.3, 0.4) is 0 Å². The highest BCUT2D eigenvalue weighted by molar-refractivity contribution is 7.98. The zero-order valence-corrected chi connectivity index (χ0v) is 13.9. The van der Waals surface area contributed by atoms with Gasteiger partial charge in [0.25, 0.3) is 0 Å². The summed E-state index contributed by atoms with van der Waals surface area (Å²) in [7, 11) is 0. The van der Waals surface area contributed by atoms with Gasteiger partial charge in [0.2, 0.25) is 0 Å². The molecule has 0 spiro atoms. The SMILES string of the molecule is C=CCOc1c(/C=C/C)ccc2c1C(=O)c1ccccc1SC2. The van der Waals surface area contributed by atoms with Gasteiger partial charge in [-0.3, -0.25) is 4.79 Å². The number of ketones is 1. The second kappa shape index (κ2) is 6.88. The van der Waals surface area contributed by atoms with Gasteiger partial charge in [-0.25, -0.2) is 0 Å². The van der Waals surface area contributed by atoms with Gasteiger partial charge in [-0.05, 0) is 24.6 Å². The van der Waals surface area contributed by atoms with E-state index in [0.29, 0.717) is 17.9 Å². The first-order chi connectivity index (χ1) is 11.3. The molecule has 116 valence electrons. The molecule has 1 heterocycles. The lowest BCUT2D eigenvalue weighted by Gasteiger charge is -2.15. The van der Waals surface area contributed by atoms with Crippen LogP contribution in [-0.2, 0) is 5.75 Å². The second-order valence-electron chi connectivity index (χ2n) is 5.23. The maximum atomic E-state index is 13.1. The predicted octanol–water partition coefficient (Wildman–Crippen LogP) is 5.12. The number of allylic oxidation sites excluding steroid dienone is 1. The molecule has 0 aromatic heterocycles. The first kappa shape index (κ1) is 15.6. The Morgan fingerprint density at radius 2 is 2.09 bits per heavy atom. The van der Waals surface area contributed by atoms with Crippen molar-refractivity contribution in [3.05, 3.63) is 77.4 Å². The Morgan fingerprint density at radius 1 is 1.26 bits per heavy atom. The van der Waals surface area contributed by atoms with Crippen molar-refractivity contribution in [3.8, 4) is 5.75 Å². The molecule has 23 heavy (non-hydrogen) atoms. The van der Waals surface area contributed by atoms with Gasteiger partial charge in [-0.2, -0.15) is 0 Å². The molecule has 2 nitrogen and oxygen atoms in total. The average molecular weight is 322 g/mol. The van der Waals surface area contributed by atoms with Gasteiger partial charge in [0.1, 0.15) is 12.4 Å². The van der Waals surface area contributed by atoms with Crippen LogP contribution >= 0.6 is 11.8 Å². The molecular weight excluding hydrogens is 304 g/mol. The van der Waals surface area contributed by atoms with Crippen LogP contribution in [0.1, 0.15) is 34.0 Å². The van der Waals surface area contributed by atoms with Crippen LogP contribution in [0, 0.1) is 0 Å². The minimum atomic E-state index is 0.0333. The van der Waals surface area contributed by atoms with Crippen LogP contribution in [0.25, 0.3) is 6.08 Å². The second-order valence-corrected chi connectivity index (χ2v) is 6.25. The van der Waals surface area contributed by atoms with Crippen LogP contribution < -0.4 is 4.74 Å². The van der Waals surface area contributed by atoms with Crippen molar-refractivity contribution in [2.75, 3.05) is 6.61 Å². The van der Waals surface area contributed by atoms with E-state index in [-0.39, 0.29) is 5.78 Å². The molecule has 0 N–H and O–H groups in total. The molecule has 0 fully saturated rings. The van der Waals surface area contributed by atoms with Crippen LogP contribution in [0.2, 0.25) is 0 Å². The van der Waals surface area contributed by atoms with Gasteiger partial charge in [-0.15, -0.1) is 11.8 Å². The minimum Gasteiger partial charge on any atom is -0.488 e. The molecule has 0 unspecified atom stereocenters. The van der Waals surface area contributed by atoms with Gasteiger partial charge < -0.3 is 4.74 Å². The molecule has 0 atom stereocenters. The lowest BCUT2D eigenvalue weighted by Crippen LogP contribution is -2.09. The first-order valence-electron chi connectivity index (χ1n) is 7.55. The minimum absolute atomic E-state index is 0.0333. The third kappa shape index (κ3) is 2.97. The van der Waals surface area contributed by atoms with Crippen molar-refractivity contribution < 1.29 is 9.53 Å². The number of hydrogen-bond acceptors (Lipinski definition) is 3. The van der Waals surface area contributed by atoms with E-state index in [1.807, 2.05) is 55.5 Å². The van der Waals surface area contributed by atoms with Gasteiger partial charge >= 0.3 is 0 Å². The zero-order chi connectivity index (χ0) is 16.2. The molecule has 0 bridgehead atoms. The summed E-state index contributed by atoms with van der Waals surface area (Å²) in [5.74, 6) is 1.45. The van der Waals surface area contributed by atoms with Gasteiger partial charge in [0.05, 0.1) is 5.56 Å². The Kier molecular flexibility index (Phi) is 4.68. The van der Waals surface area contributed by atoms with Crippen LogP contribution in [0.5, 0.6) is 5.75 Å². The van der Waals surface area contributed by atoms with Crippen molar-refractivity contribution in [2.45, 2.75) is 17.6 Å². The molecule has 3 rings (SSSR count). The average Bonchev–Trinajstić information content (AvgIpc) is 2.72. The standard InChI is InChI=1S/C20H18O2S/c1-3-7-14-10-11-15-13-23-17-9-6-5-8-16(17)19(21)18(15)20(14)22-12-4-2/h3-11H,2,12-13H2,1H3/b7-3+. The van der Waals surface area contributed by atoms with E-state index in [4.69, 9.17) is 4.74 Å². The molecule has 2 aromatic carbocycles. The van der Waals surface area contributed by atoms with Crippen molar-refractivity contribution in [1.82, 2.24) is 0 Å². The van der Waals surface area contributed by atoms with Crippen molar-refractivity contribution in [3.63, 3.8) is 0 Å². The molecular formula is C20H18O2S. The zero-order valence-electron chi connectivity index (χ0n) is 13.0. The quantitative estimate of drug-likeness (QED) is 0.731.